The van der Waals surface area contributed by atoms with E-state index >= 15 is 0 Å². The third-order valence-corrected chi connectivity index (χ3v) is 4.35. The molecule has 1 N–H and O–H groups in total. The maximum absolute atomic E-state index is 12.9. The molecule has 2 aromatic rings. The van der Waals surface area contributed by atoms with Gasteiger partial charge in [0.15, 0.2) is 0 Å². The fourth-order valence-corrected chi connectivity index (χ4v) is 3.03. The van der Waals surface area contributed by atoms with Crippen molar-refractivity contribution in [3.63, 3.8) is 0 Å². The van der Waals surface area contributed by atoms with Crippen LogP contribution in [0.1, 0.15) is 49.4 Å². The number of benzene rings is 1. The van der Waals surface area contributed by atoms with Crippen molar-refractivity contribution in [2.75, 3.05) is 0 Å². The van der Waals surface area contributed by atoms with Gasteiger partial charge in [0.2, 0.25) is 0 Å². The van der Waals surface area contributed by atoms with E-state index in [0.717, 1.165) is 24.1 Å². The molecule has 3 heteroatoms. The van der Waals surface area contributed by atoms with Gasteiger partial charge in [0.1, 0.15) is 0 Å². The predicted molar refractivity (Wildman–Crippen MR) is 89.1 cm³/mol. The van der Waals surface area contributed by atoms with Crippen LogP contribution in [0.25, 0.3) is 11.3 Å². The maximum atomic E-state index is 12.9. The molecule has 3 rings (SSSR count). The highest BCUT2D eigenvalue weighted by Crippen LogP contribution is 2.38. The number of hydrogen-bond donors (Lipinski definition) is 1. The Kier molecular flexibility index (Phi) is 3.48. The molecule has 1 aliphatic rings. The van der Waals surface area contributed by atoms with E-state index in [1.54, 1.807) is 19.9 Å². The van der Waals surface area contributed by atoms with Gasteiger partial charge in [0.25, 0.3) is 5.56 Å². The Labute approximate surface area is 131 Å². The Hall–Kier alpha value is -1.87. The van der Waals surface area contributed by atoms with Crippen LogP contribution in [0.3, 0.4) is 0 Å². The zero-order valence-corrected chi connectivity index (χ0v) is 13.7. The summed E-state index contributed by atoms with van der Waals surface area (Å²) >= 11 is 0. The number of rotatable bonds is 3. The van der Waals surface area contributed by atoms with Crippen molar-refractivity contribution in [2.45, 2.75) is 52.2 Å². The molecule has 22 heavy (non-hydrogen) atoms. The quantitative estimate of drug-likeness (QED) is 0.938. The summed E-state index contributed by atoms with van der Waals surface area (Å²) in [4.78, 5) is 12.9. The van der Waals surface area contributed by atoms with Crippen LogP contribution < -0.4 is 5.56 Å². The molecule has 0 spiro atoms. The summed E-state index contributed by atoms with van der Waals surface area (Å²) in [6.45, 7) is 7.48. The van der Waals surface area contributed by atoms with Gasteiger partial charge in [0.05, 0.1) is 11.3 Å². The summed E-state index contributed by atoms with van der Waals surface area (Å²) in [5, 5.41) is 10.2. The summed E-state index contributed by atoms with van der Waals surface area (Å²) in [6, 6.07) is 10.3. The molecule has 1 aromatic carbocycles. The van der Waals surface area contributed by atoms with Gasteiger partial charge in [-0.25, -0.2) is 0 Å². The first-order valence-electron chi connectivity index (χ1n) is 7.85. The topological polar surface area (TPSA) is 42.2 Å². The second-order valence-electron chi connectivity index (χ2n) is 6.92. The Balaban J connectivity index is 2.25. The molecule has 0 bridgehead atoms. The lowest BCUT2D eigenvalue weighted by atomic mass is 9.97. The lowest BCUT2D eigenvalue weighted by Gasteiger charge is -2.21. The third kappa shape index (κ3) is 2.61. The van der Waals surface area contributed by atoms with Gasteiger partial charge in [-0.2, -0.15) is 0 Å². The Morgan fingerprint density at radius 3 is 2.36 bits per heavy atom. The molecule has 1 saturated carbocycles. The van der Waals surface area contributed by atoms with Crippen LogP contribution in [0.15, 0.2) is 35.1 Å². The first-order chi connectivity index (χ1) is 10.3. The smallest absolute Gasteiger partial charge is 0.257 e. The molecule has 0 aliphatic heterocycles. The van der Waals surface area contributed by atoms with E-state index in [2.05, 4.69) is 32.0 Å². The van der Waals surface area contributed by atoms with Crippen molar-refractivity contribution < 1.29 is 5.11 Å². The van der Waals surface area contributed by atoms with Gasteiger partial charge in [-0.05, 0) is 58.2 Å². The maximum Gasteiger partial charge on any atom is 0.257 e. The Morgan fingerprint density at radius 1 is 1.14 bits per heavy atom. The monoisotopic (exact) mass is 297 g/mol. The summed E-state index contributed by atoms with van der Waals surface area (Å²) < 4.78 is 1.88. The summed E-state index contributed by atoms with van der Waals surface area (Å²) in [6.07, 6.45) is 2.07. The molecule has 1 aromatic heterocycles. The summed E-state index contributed by atoms with van der Waals surface area (Å²) in [5.41, 5.74) is 3.73. The molecule has 0 unspecified atom stereocenters. The number of pyridine rings is 1. The van der Waals surface area contributed by atoms with Gasteiger partial charge in [-0.1, -0.05) is 23.8 Å². The minimum atomic E-state index is -1.12. The number of aryl methyl sites for hydroxylation is 2. The minimum absolute atomic E-state index is 0.0625. The fourth-order valence-electron chi connectivity index (χ4n) is 3.03. The van der Waals surface area contributed by atoms with Crippen molar-refractivity contribution in [1.29, 1.82) is 0 Å². The lowest BCUT2D eigenvalue weighted by molar-refractivity contribution is 0.0765. The van der Waals surface area contributed by atoms with Crippen molar-refractivity contribution in [3.05, 3.63) is 57.4 Å². The average molecular weight is 297 g/mol. The Morgan fingerprint density at radius 2 is 1.82 bits per heavy atom. The van der Waals surface area contributed by atoms with E-state index in [1.807, 2.05) is 10.6 Å². The van der Waals surface area contributed by atoms with Gasteiger partial charge < -0.3 is 9.67 Å². The highest BCUT2D eigenvalue weighted by atomic mass is 16.3. The highest BCUT2D eigenvalue weighted by Gasteiger charge is 2.31. The van der Waals surface area contributed by atoms with Crippen LogP contribution >= 0.6 is 0 Å². The van der Waals surface area contributed by atoms with Crippen LogP contribution in [0, 0.1) is 13.8 Å². The molecule has 116 valence electrons. The number of aliphatic hydroxyl groups is 1. The molecule has 0 radical (unpaired) electrons. The van der Waals surface area contributed by atoms with Crippen molar-refractivity contribution in [3.8, 4) is 11.3 Å². The summed E-state index contributed by atoms with van der Waals surface area (Å²) in [5.74, 6) is 0. The first kappa shape index (κ1) is 15.0. The van der Waals surface area contributed by atoms with Crippen LogP contribution in [0.4, 0.5) is 0 Å². The van der Waals surface area contributed by atoms with E-state index < -0.39 is 5.60 Å². The van der Waals surface area contributed by atoms with E-state index in [1.165, 1.54) is 11.1 Å². The van der Waals surface area contributed by atoms with Crippen molar-refractivity contribution >= 4 is 0 Å². The second kappa shape index (κ2) is 5.10. The standard InChI is InChI=1S/C19H23NO2/c1-12-5-8-15(13(2)11-12)17-10-9-16(19(3,4)22)18(21)20(17)14-6-7-14/h5,8-11,14,22H,6-7H2,1-4H3. The van der Waals surface area contributed by atoms with E-state index in [9.17, 15) is 9.90 Å². The first-order valence-corrected chi connectivity index (χ1v) is 7.85. The van der Waals surface area contributed by atoms with E-state index in [0.29, 0.717) is 5.56 Å². The van der Waals surface area contributed by atoms with E-state index in [4.69, 9.17) is 0 Å². The Bertz CT molecular complexity index is 777. The lowest BCUT2D eigenvalue weighted by Crippen LogP contribution is -2.32. The highest BCUT2D eigenvalue weighted by molar-refractivity contribution is 5.65. The van der Waals surface area contributed by atoms with Crippen molar-refractivity contribution in [2.24, 2.45) is 0 Å². The molecule has 0 atom stereocenters. The molecular formula is C19H23NO2. The van der Waals surface area contributed by atoms with Gasteiger partial charge >= 0.3 is 0 Å². The SMILES string of the molecule is Cc1ccc(-c2ccc(C(C)(C)O)c(=O)n2C2CC2)c(C)c1. The minimum Gasteiger partial charge on any atom is -0.386 e. The van der Waals surface area contributed by atoms with Gasteiger partial charge in [-0.3, -0.25) is 4.79 Å². The molecule has 0 amide bonds. The zero-order valence-electron chi connectivity index (χ0n) is 13.7. The van der Waals surface area contributed by atoms with Gasteiger partial charge in [-0.15, -0.1) is 0 Å². The largest absolute Gasteiger partial charge is 0.386 e. The number of aromatic nitrogens is 1. The number of nitrogens with zero attached hydrogens (tertiary/aromatic N) is 1. The summed E-state index contributed by atoms with van der Waals surface area (Å²) in [7, 11) is 0. The fraction of sp³-hybridized carbons (Fsp3) is 0.421. The van der Waals surface area contributed by atoms with Crippen molar-refractivity contribution in [1.82, 2.24) is 4.57 Å². The average Bonchev–Trinajstić information content (AvgIpc) is 3.21. The zero-order chi connectivity index (χ0) is 16.1. The normalized spacial score (nSPS) is 15.1. The van der Waals surface area contributed by atoms with Gasteiger partial charge in [0, 0.05) is 17.2 Å². The predicted octanol–water partition coefficient (Wildman–Crippen LogP) is 3.69. The van der Waals surface area contributed by atoms with Crippen LogP contribution in [0.2, 0.25) is 0 Å². The molecule has 1 aliphatic carbocycles. The molecule has 1 fully saturated rings. The van der Waals surface area contributed by atoms with Crippen LogP contribution in [-0.4, -0.2) is 9.67 Å². The molecule has 1 heterocycles. The number of hydrogen-bond acceptors (Lipinski definition) is 2. The van der Waals surface area contributed by atoms with E-state index in [-0.39, 0.29) is 11.6 Å². The second-order valence-corrected chi connectivity index (χ2v) is 6.92. The molecule has 0 saturated heterocycles. The molecular weight excluding hydrogens is 274 g/mol. The van der Waals surface area contributed by atoms with Crippen LogP contribution in [-0.2, 0) is 5.60 Å². The third-order valence-electron chi connectivity index (χ3n) is 4.35. The molecule has 3 nitrogen and oxygen atoms in total. The van der Waals surface area contributed by atoms with Crippen LogP contribution in [0.5, 0.6) is 0 Å².